The molecule has 1 unspecified atom stereocenters. The lowest BCUT2D eigenvalue weighted by atomic mass is 9.91. The Hall–Kier alpha value is -7.98. The van der Waals surface area contributed by atoms with Gasteiger partial charge in [0.15, 0.2) is 29.3 Å². The van der Waals surface area contributed by atoms with Crippen molar-refractivity contribution < 1.29 is 94.1 Å². The quantitative estimate of drug-likeness (QED) is 0.00531. The van der Waals surface area contributed by atoms with Gasteiger partial charge in [-0.25, -0.2) is 56.0 Å². The average molecular weight is 1520 g/mol. The number of carboxylic acids is 1. The third-order valence-electron chi connectivity index (χ3n) is 17.1. The number of nitrogens with one attached hydrogen (secondary N) is 2. The van der Waals surface area contributed by atoms with Gasteiger partial charge < -0.3 is 38.5 Å². The Bertz CT molecular complexity index is 4920. The molecule has 0 spiro atoms. The number of nitrogens with zero attached hydrogens (tertiary/aromatic N) is 4. The molecular weight excluding hydrogens is 1430 g/mol. The van der Waals surface area contributed by atoms with Crippen LogP contribution in [0.15, 0.2) is 102 Å². The van der Waals surface area contributed by atoms with E-state index in [1.54, 1.807) is 132 Å². The summed E-state index contributed by atoms with van der Waals surface area (Å²) < 4.78 is 210. The summed E-state index contributed by atoms with van der Waals surface area (Å²) in [5.41, 5.74) is 3.80. The molecule has 1 atom stereocenters. The van der Waals surface area contributed by atoms with Crippen LogP contribution in [-0.4, -0.2) is 135 Å². The fraction of sp³-hybridized carbons (Fsp3) is 0.414. The van der Waals surface area contributed by atoms with Gasteiger partial charge >= 0.3 is 24.0 Å². The molecule has 0 saturated carbocycles. The first-order valence-corrected chi connectivity index (χ1v) is 39.3. The molecule has 1 aliphatic carbocycles. The number of rotatable bonds is 31. The number of halogens is 4. The minimum absolute atomic E-state index is 0.0537. The van der Waals surface area contributed by atoms with Gasteiger partial charge in [0.05, 0.1) is 50.4 Å². The second-order valence-corrected chi connectivity index (χ2v) is 33.1. The third-order valence-corrected chi connectivity index (χ3v) is 26.4. The van der Waals surface area contributed by atoms with E-state index in [1.165, 1.54) is 26.8 Å². The fourth-order valence-electron chi connectivity index (χ4n) is 11.9. The summed E-state index contributed by atoms with van der Waals surface area (Å²) in [5, 5.41) is 15.3. The number of thioether (sulfide) groups is 1. The Kier molecular flexibility index (Phi) is 26.1. The summed E-state index contributed by atoms with van der Waals surface area (Å²) in [5.74, 6) is -14.0. The van der Waals surface area contributed by atoms with E-state index in [1.807, 2.05) is 25.3 Å². The van der Waals surface area contributed by atoms with Crippen LogP contribution >= 0.6 is 11.8 Å². The van der Waals surface area contributed by atoms with E-state index in [0.717, 1.165) is 11.6 Å². The van der Waals surface area contributed by atoms with Gasteiger partial charge in [-0.15, -0.1) is 11.8 Å². The number of carbonyl (C=O) groups is 4. The fourth-order valence-corrected chi connectivity index (χ4v) is 19.7. The first-order chi connectivity index (χ1) is 47.7. The molecule has 0 saturated heterocycles. The van der Waals surface area contributed by atoms with Crippen molar-refractivity contribution >= 4 is 104 Å². The third kappa shape index (κ3) is 17.3. The summed E-state index contributed by atoms with van der Waals surface area (Å²) >= 11 is -0.0959. The van der Waals surface area contributed by atoms with E-state index in [4.69, 9.17) is 23.7 Å². The van der Waals surface area contributed by atoms with E-state index in [9.17, 15) is 52.8 Å². The predicted molar refractivity (Wildman–Crippen MR) is 379 cm³/mol. The molecule has 1 aliphatic heterocycles. The summed E-state index contributed by atoms with van der Waals surface area (Å²) in [4.78, 5) is 44.0. The van der Waals surface area contributed by atoms with Crippen molar-refractivity contribution in [2.24, 2.45) is 5.41 Å². The van der Waals surface area contributed by atoms with Crippen molar-refractivity contribution in [2.75, 3.05) is 57.0 Å². The molecule has 1 amide bonds. The summed E-state index contributed by atoms with van der Waals surface area (Å²) in [6.45, 7) is 25.5. The van der Waals surface area contributed by atoms with Crippen LogP contribution in [0.1, 0.15) is 115 Å². The molecule has 23 nitrogen and oxygen atoms in total. The van der Waals surface area contributed by atoms with Crippen LogP contribution in [0.25, 0.3) is 37.5 Å². The average Bonchev–Trinajstić information content (AvgIpc) is 0.744. The van der Waals surface area contributed by atoms with Crippen LogP contribution < -0.4 is 20.6 Å². The van der Waals surface area contributed by atoms with Crippen molar-refractivity contribution in [3.63, 3.8) is 0 Å². The number of sulfonamides is 4. The Morgan fingerprint density at radius 2 is 1.25 bits per heavy atom. The Morgan fingerprint density at radius 3 is 1.82 bits per heavy atom. The van der Waals surface area contributed by atoms with Crippen LogP contribution in [-0.2, 0) is 68.7 Å². The SMILES string of the molecule is CCN(CC)S(=O)(=O)c1c(C)cc(C)c(Nc2ccc3c(-c4ccccc4S(=O)(=O)[N-]S(=O)(=O)c4c(F)c(F)c(SCC(COC(=O)NCCOC(=O)C(C)(C)CC)OC(=O)CCC(=O)O)c(F)c4F)c4ccc(=[N+](c5c(C)cc(C)c(S(=O)(=O)N(CC)CC)c5C)C(C)C)cc-4oc3c2)c1C. The number of ether oxygens (including phenoxy) is 3. The molecular formula is C70H84F4N6O17S5. The van der Waals surface area contributed by atoms with Gasteiger partial charge in [-0.05, 0) is 128 Å². The number of hydrogen-bond donors (Lipinski definition) is 3. The van der Waals surface area contributed by atoms with Gasteiger partial charge in [-0.1, -0.05) is 58.9 Å². The van der Waals surface area contributed by atoms with Crippen molar-refractivity contribution in [2.45, 2.75) is 160 Å². The number of carboxylic acid groups (broad SMARTS) is 1. The standard InChI is InChI=1S/C70H83F4N6O17S5/c1-16-70(14,15)68(84)94-32-31-75-69(85)95-37-48(96-56(83)30-29-55(81)82)38-98-64-58(71)60(73)67(61(74)59(64)72)100(88,89)77-99(86,87)54-24-22-21-23-51(54)57-49-27-25-46(76-62-40(8)33-42(10)65(44(62)12)101(90,91)78(17-2)18-3)35-52(49)97-53-36-47(26-28-50(53)57)80(39(6)7)63-41(9)34-43(11)66(45(63)13)102(92,93)79(19-4)20-5/h21-28,33-36,39,48H,16-20,29-32,37-38H2,1-15H3,(H2,75,81,82,85)/q-1/p+1. The zero-order valence-corrected chi connectivity index (χ0v) is 63.3. The lowest BCUT2D eigenvalue weighted by Gasteiger charge is -2.25. The second-order valence-electron chi connectivity index (χ2n) is 24.9. The van der Waals surface area contributed by atoms with Gasteiger partial charge in [0.2, 0.25) is 31.1 Å². The predicted octanol–water partition coefficient (Wildman–Crippen LogP) is 13.0. The first kappa shape index (κ1) is 81.3. The second kappa shape index (κ2) is 32.8. The van der Waals surface area contributed by atoms with E-state index in [-0.39, 0.29) is 100 Å². The molecule has 1 heterocycles. The van der Waals surface area contributed by atoms with Crippen molar-refractivity contribution in [3.05, 3.63) is 139 Å². The number of fused-ring (bicyclic) bond motifs is 2. The lowest BCUT2D eigenvalue weighted by molar-refractivity contribution is -0.154. The highest BCUT2D eigenvalue weighted by Crippen LogP contribution is 2.46. The molecule has 554 valence electrons. The maximum atomic E-state index is 16.4. The molecule has 0 radical (unpaired) electrons. The highest BCUT2D eigenvalue weighted by Gasteiger charge is 2.37. The van der Waals surface area contributed by atoms with E-state index in [2.05, 4.69) is 14.8 Å². The van der Waals surface area contributed by atoms with E-state index in [0.29, 0.717) is 56.7 Å². The van der Waals surface area contributed by atoms with Crippen molar-refractivity contribution in [1.82, 2.24) is 18.5 Å². The number of esters is 2. The smallest absolute Gasteiger partial charge is 0.407 e. The summed E-state index contributed by atoms with van der Waals surface area (Å²) in [6.07, 6.45) is -3.96. The minimum atomic E-state index is -6.35. The number of hydrogen-bond acceptors (Lipinski definition) is 18. The van der Waals surface area contributed by atoms with E-state index >= 15 is 17.6 Å². The number of aryl methyl sites for hydroxylation is 4. The number of aliphatic carboxylic acids is 1. The molecule has 2 aliphatic rings. The largest absolute Gasteiger partial charge is 0.481 e. The minimum Gasteiger partial charge on any atom is -0.481 e. The Morgan fingerprint density at radius 1 is 0.676 bits per heavy atom. The highest BCUT2D eigenvalue weighted by molar-refractivity contribution is 8.12. The summed E-state index contributed by atoms with van der Waals surface area (Å²) in [7, 11) is -20.2. The number of carbonyl (C=O) groups excluding carboxylic acids is 3. The molecule has 102 heavy (non-hydrogen) atoms. The molecule has 7 rings (SSSR count). The Labute approximate surface area is 596 Å². The topological polar surface area (TPSA) is 314 Å². The number of anilines is 2. The maximum absolute atomic E-state index is 16.4. The molecule has 0 fully saturated rings. The first-order valence-electron chi connectivity index (χ1n) is 32.6. The molecule has 0 bridgehead atoms. The molecule has 32 heteroatoms. The maximum Gasteiger partial charge on any atom is 0.407 e. The molecule has 0 aromatic heterocycles. The number of benzene rings is 6. The highest BCUT2D eigenvalue weighted by atomic mass is 32.3. The van der Waals surface area contributed by atoms with Gasteiger partial charge in [0.1, 0.15) is 55.6 Å². The number of amides is 1. The lowest BCUT2D eigenvalue weighted by Crippen LogP contribution is -2.35. The van der Waals surface area contributed by atoms with Gasteiger partial charge in [-0.2, -0.15) is 13.2 Å². The Balaban J connectivity index is 1.35. The monoisotopic (exact) mass is 1520 g/mol. The van der Waals surface area contributed by atoms with Gasteiger partial charge in [0.25, 0.3) is 0 Å². The van der Waals surface area contributed by atoms with Crippen LogP contribution in [0.5, 0.6) is 0 Å². The summed E-state index contributed by atoms with van der Waals surface area (Å²) in [6, 6.07) is 17.6. The molecule has 5 aromatic carbocycles. The van der Waals surface area contributed by atoms with Crippen LogP contribution in [0.2, 0.25) is 0 Å². The molecule has 5 aromatic rings. The number of alkyl carbamates (subject to hydrolysis) is 1. The zero-order valence-electron chi connectivity index (χ0n) is 59.2. The van der Waals surface area contributed by atoms with Crippen molar-refractivity contribution in [3.8, 4) is 22.5 Å². The van der Waals surface area contributed by atoms with Crippen molar-refractivity contribution in [1.29, 1.82) is 0 Å². The van der Waals surface area contributed by atoms with Crippen LogP contribution in [0.4, 0.5) is 39.4 Å². The van der Waals surface area contributed by atoms with Gasteiger partial charge in [0, 0.05) is 88.6 Å². The van der Waals surface area contributed by atoms with Crippen LogP contribution in [0.3, 0.4) is 0 Å². The van der Waals surface area contributed by atoms with Crippen LogP contribution in [0, 0.1) is 70.2 Å². The van der Waals surface area contributed by atoms with Gasteiger partial charge in [-0.3, -0.25) is 14.4 Å². The zero-order chi connectivity index (χ0) is 76.1. The van der Waals surface area contributed by atoms with E-state index < -0.39 is 139 Å². The normalized spacial score (nSPS) is 13.1. The molecule has 3 N–H and O–H groups in total.